The first-order chi connectivity index (χ1) is 10.9. The Bertz CT molecular complexity index is 734. The molecule has 0 radical (unpaired) electrons. The fourth-order valence-corrected chi connectivity index (χ4v) is 2.37. The Morgan fingerprint density at radius 2 is 1.65 bits per heavy atom. The molecule has 4 heteroatoms. The second-order valence-electron chi connectivity index (χ2n) is 5.55. The summed E-state index contributed by atoms with van der Waals surface area (Å²) in [6, 6.07) is 12.6. The summed E-state index contributed by atoms with van der Waals surface area (Å²) in [7, 11) is 0. The molecule has 0 N–H and O–H groups in total. The highest BCUT2D eigenvalue weighted by Crippen LogP contribution is 2.25. The van der Waals surface area contributed by atoms with Gasteiger partial charge in [0.15, 0.2) is 6.10 Å². The SMILES string of the molecule is Cc1cc(C)c(OC(=O)C(C)Oc2ccc(C#N)cc2)c(C)c1. The van der Waals surface area contributed by atoms with E-state index in [2.05, 4.69) is 0 Å². The second kappa shape index (κ2) is 6.97. The molecule has 2 rings (SSSR count). The van der Waals surface area contributed by atoms with Crippen molar-refractivity contribution in [3.05, 3.63) is 58.7 Å². The number of ether oxygens (including phenoxy) is 2. The third-order valence-corrected chi connectivity index (χ3v) is 3.44. The molecule has 0 aliphatic carbocycles. The molecule has 0 fully saturated rings. The Morgan fingerprint density at radius 3 is 2.17 bits per heavy atom. The molecule has 1 unspecified atom stereocenters. The third-order valence-electron chi connectivity index (χ3n) is 3.44. The van der Waals surface area contributed by atoms with Crippen molar-refractivity contribution in [2.45, 2.75) is 33.8 Å². The molecule has 1 atom stereocenters. The van der Waals surface area contributed by atoms with Crippen molar-refractivity contribution < 1.29 is 14.3 Å². The first-order valence-electron chi connectivity index (χ1n) is 7.37. The van der Waals surface area contributed by atoms with Crippen LogP contribution in [0.1, 0.15) is 29.2 Å². The molecule has 4 nitrogen and oxygen atoms in total. The van der Waals surface area contributed by atoms with Crippen molar-refractivity contribution >= 4 is 5.97 Å². The smallest absolute Gasteiger partial charge is 0.352 e. The maximum absolute atomic E-state index is 12.2. The minimum absolute atomic E-state index is 0.454. The van der Waals surface area contributed by atoms with Crippen LogP contribution < -0.4 is 9.47 Å². The second-order valence-corrected chi connectivity index (χ2v) is 5.55. The van der Waals surface area contributed by atoms with Gasteiger partial charge in [0.2, 0.25) is 0 Å². The fourth-order valence-electron chi connectivity index (χ4n) is 2.37. The molecule has 0 heterocycles. The summed E-state index contributed by atoms with van der Waals surface area (Å²) in [6.07, 6.45) is -0.747. The van der Waals surface area contributed by atoms with Gasteiger partial charge < -0.3 is 9.47 Å². The van der Waals surface area contributed by atoms with E-state index in [0.29, 0.717) is 17.1 Å². The van der Waals surface area contributed by atoms with E-state index in [4.69, 9.17) is 14.7 Å². The third kappa shape index (κ3) is 4.10. The van der Waals surface area contributed by atoms with Crippen LogP contribution in [0.3, 0.4) is 0 Å². The maximum atomic E-state index is 12.2. The summed E-state index contributed by atoms with van der Waals surface area (Å²) in [6.45, 7) is 7.46. The molecule has 0 amide bonds. The van der Waals surface area contributed by atoms with Gasteiger partial charge in [-0.3, -0.25) is 0 Å². The van der Waals surface area contributed by atoms with Gasteiger partial charge in [-0.1, -0.05) is 17.7 Å². The van der Waals surface area contributed by atoms with Crippen LogP contribution >= 0.6 is 0 Å². The fraction of sp³-hybridized carbons (Fsp3) is 0.263. The number of nitriles is 1. The van der Waals surface area contributed by atoms with E-state index in [-0.39, 0.29) is 0 Å². The summed E-state index contributed by atoms with van der Waals surface area (Å²) >= 11 is 0. The van der Waals surface area contributed by atoms with E-state index >= 15 is 0 Å². The number of nitrogens with zero attached hydrogens (tertiary/aromatic N) is 1. The molecule has 118 valence electrons. The standard InChI is InChI=1S/C19H19NO3/c1-12-9-13(2)18(14(3)10-12)23-19(21)15(4)22-17-7-5-16(11-20)6-8-17/h5-10,15H,1-4H3. The monoisotopic (exact) mass is 309 g/mol. The predicted molar refractivity (Wildman–Crippen MR) is 87.5 cm³/mol. The van der Waals surface area contributed by atoms with Gasteiger partial charge in [-0.25, -0.2) is 4.79 Å². The van der Waals surface area contributed by atoms with Crippen molar-refractivity contribution in [3.63, 3.8) is 0 Å². The average molecular weight is 309 g/mol. The van der Waals surface area contributed by atoms with Gasteiger partial charge in [0.05, 0.1) is 11.6 Å². The minimum Gasteiger partial charge on any atom is -0.479 e. The van der Waals surface area contributed by atoms with Crippen molar-refractivity contribution in [2.24, 2.45) is 0 Å². The lowest BCUT2D eigenvalue weighted by molar-refractivity contribution is -0.141. The van der Waals surface area contributed by atoms with Gasteiger partial charge in [0.25, 0.3) is 0 Å². The molecule has 0 aromatic heterocycles. The average Bonchev–Trinajstić information content (AvgIpc) is 2.51. The Labute approximate surface area is 136 Å². The van der Waals surface area contributed by atoms with Crippen molar-refractivity contribution in [1.82, 2.24) is 0 Å². The zero-order valence-corrected chi connectivity index (χ0v) is 13.7. The van der Waals surface area contributed by atoms with Crippen LogP contribution in [0.4, 0.5) is 0 Å². The van der Waals surface area contributed by atoms with Crippen LogP contribution in [-0.4, -0.2) is 12.1 Å². The Morgan fingerprint density at radius 1 is 1.09 bits per heavy atom. The van der Waals surface area contributed by atoms with Crippen molar-refractivity contribution in [1.29, 1.82) is 5.26 Å². The highest BCUT2D eigenvalue weighted by molar-refractivity contribution is 5.78. The summed E-state index contributed by atoms with van der Waals surface area (Å²) in [4.78, 5) is 12.2. The molecular weight excluding hydrogens is 290 g/mol. The molecule has 2 aromatic carbocycles. The van der Waals surface area contributed by atoms with E-state index in [1.807, 2.05) is 39.0 Å². The molecule has 0 spiro atoms. The van der Waals surface area contributed by atoms with Crippen molar-refractivity contribution in [2.75, 3.05) is 0 Å². The summed E-state index contributed by atoms with van der Waals surface area (Å²) < 4.78 is 11.1. The number of benzene rings is 2. The molecule has 0 aliphatic rings. The number of carbonyl (C=O) groups excluding carboxylic acids is 1. The van der Waals surface area contributed by atoms with Gasteiger partial charge in [0, 0.05) is 0 Å². The van der Waals surface area contributed by atoms with E-state index in [1.165, 1.54) is 0 Å². The number of carbonyl (C=O) groups is 1. The number of hydrogen-bond acceptors (Lipinski definition) is 4. The molecule has 23 heavy (non-hydrogen) atoms. The zero-order valence-electron chi connectivity index (χ0n) is 13.7. The number of esters is 1. The van der Waals surface area contributed by atoms with E-state index in [1.54, 1.807) is 31.2 Å². The summed E-state index contributed by atoms with van der Waals surface area (Å²) in [5, 5.41) is 8.77. The lowest BCUT2D eigenvalue weighted by Crippen LogP contribution is -2.28. The van der Waals surface area contributed by atoms with Crippen LogP contribution in [0.25, 0.3) is 0 Å². The summed E-state index contributed by atoms with van der Waals surface area (Å²) in [5.74, 6) is 0.645. The van der Waals surface area contributed by atoms with Crippen LogP contribution in [0.2, 0.25) is 0 Å². The lowest BCUT2D eigenvalue weighted by atomic mass is 10.1. The van der Waals surface area contributed by atoms with Gasteiger partial charge in [-0.15, -0.1) is 0 Å². The van der Waals surface area contributed by atoms with E-state index in [0.717, 1.165) is 16.7 Å². The number of hydrogen-bond donors (Lipinski definition) is 0. The predicted octanol–water partition coefficient (Wildman–Crippen LogP) is 3.86. The Kier molecular flexibility index (Phi) is 5.02. The molecular formula is C19H19NO3. The zero-order chi connectivity index (χ0) is 17.0. The van der Waals surface area contributed by atoms with Crippen molar-refractivity contribution in [3.8, 4) is 17.6 Å². The minimum atomic E-state index is -0.747. The van der Waals surface area contributed by atoms with Gasteiger partial charge in [0.1, 0.15) is 11.5 Å². The first-order valence-corrected chi connectivity index (χ1v) is 7.37. The highest BCUT2D eigenvalue weighted by atomic mass is 16.6. The largest absolute Gasteiger partial charge is 0.479 e. The molecule has 0 aliphatic heterocycles. The van der Waals surface area contributed by atoms with E-state index < -0.39 is 12.1 Å². The lowest BCUT2D eigenvalue weighted by Gasteiger charge is -2.16. The number of aryl methyl sites for hydroxylation is 3. The normalized spacial score (nSPS) is 11.4. The molecule has 0 saturated carbocycles. The number of rotatable bonds is 4. The molecule has 0 saturated heterocycles. The first kappa shape index (κ1) is 16.6. The quantitative estimate of drug-likeness (QED) is 0.635. The Hall–Kier alpha value is -2.80. The maximum Gasteiger partial charge on any atom is 0.352 e. The van der Waals surface area contributed by atoms with Gasteiger partial charge >= 0.3 is 5.97 Å². The van der Waals surface area contributed by atoms with Crippen LogP contribution in [0.5, 0.6) is 11.5 Å². The van der Waals surface area contributed by atoms with Crippen LogP contribution in [0.15, 0.2) is 36.4 Å². The van der Waals surface area contributed by atoms with Crippen LogP contribution in [0, 0.1) is 32.1 Å². The van der Waals surface area contributed by atoms with Gasteiger partial charge in [-0.05, 0) is 63.1 Å². The van der Waals surface area contributed by atoms with Crippen LogP contribution in [-0.2, 0) is 4.79 Å². The summed E-state index contributed by atoms with van der Waals surface area (Å²) in [5.41, 5.74) is 3.50. The van der Waals surface area contributed by atoms with E-state index in [9.17, 15) is 4.79 Å². The van der Waals surface area contributed by atoms with Gasteiger partial charge in [-0.2, -0.15) is 5.26 Å². The molecule has 2 aromatic rings. The Balaban J connectivity index is 2.07. The highest BCUT2D eigenvalue weighted by Gasteiger charge is 2.19. The topological polar surface area (TPSA) is 59.3 Å². The molecule has 0 bridgehead atoms.